The standard InChI is InChI=1S/C38H28Cl2N2OSe/c1-44-23-36(43)35-21-29(40)20-34-32(33-19-28(39)16-17-31(33)37(34)35)18-27-22-42(30-10-6-3-7-11-30)41-38(27)26-14-12-25(13-15-26)24-8-4-2-5-9-24/h2-22,36,43H,23H2,1H3. The van der Waals surface area contributed by atoms with E-state index in [0.717, 1.165) is 61.5 Å². The van der Waals surface area contributed by atoms with Crippen LogP contribution in [0.15, 0.2) is 121 Å². The minimum atomic E-state index is -0.588. The zero-order valence-electron chi connectivity index (χ0n) is 23.9. The van der Waals surface area contributed by atoms with E-state index >= 15 is 0 Å². The summed E-state index contributed by atoms with van der Waals surface area (Å²) < 4.78 is 1.93. The number of aromatic nitrogens is 2. The van der Waals surface area contributed by atoms with Gasteiger partial charge in [0.25, 0.3) is 0 Å². The summed E-state index contributed by atoms with van der Waals surface area (Å²) in [6.07, 6.45) is 3.67. The van der Waals surface area contributed by atoms with Crippen LogP contribution in [0.1, 0.15) is 28.4 Å². The van der Waals surface area contributed by atoms with Gasteiger partial charge in [-0.15, -0.1) is 0 Å². The average Bonchev–Trinajstić information content (AvgIpc) is 3.61. The number of fused-ring (bicyclic) bond motifs is 3. The van der Waals surface area contributed by atoms with Crippen LogP contribution < -0.4 is 0 Å². The van der Waals surface area contributed by atoms with E-state index in [-0.39, 0.29) is 0 Å². The molecule has 1 aliphatic rings. The number of halogens is 2. The molecule has 1 aliphatic carbocycles. The number of aliphatic hydroxyl groups is 1. The Labute approximate surface area is 273 Å². The molecule has 1 atom stereocenters. The fourth-order valence-electron chi connectivity index (χ4n) is 5.95. The molecule has 216 valence electrons. The second kappa shape index (κ2) is 12.2. The van der Waals surface area contributed by atoms with Crippen LogP contribution >= 0.6 is 23.2 Å². The van der Waals surface area contributed by atoms with Gasteiger partial charge in [0.05, 0.1) is 0 Å². The molecule has 0 bridgehead atoms. The first-order valence-corrected chi connectivity index (χ1v) is 18.0. The van der Waals surface area contributed by atoms with Gasteiger partial charge in [-0.3, -0.25) is 0 Å². The summed E-state index contributed by atoms with van der Waals surface area (Å²) >= 11 is 13.6. The van der Waals surface area contributed by atoms with Crippen LogP contribution in [0.2, 0.25) is 21.2 Å². The van der Waals surface area contributed by atoms with E-state index in [2.05, 4.69) is 84.8 Å². The molecule has 0 fully saturated rings. The third kappa shape index (κ3) is 5.45. The van der Waals surface area contributed by atoms with Gasteiger partial charge in [0.2, 0.25) is 0 Å². The molecule has 0 saturated heterocycles. The summed E-state index contributed by atoms with van der Waals surface area (Å²) in [4.78, 5) is 0. The third-order valence-corrected chi connectivity index (χ3v) is 9.79. The molecular weight excluding hydrogens is 650 g/mol. The molecule has 6 heteroatoms. The zero-order chi connectivity index (χ0) is 30.2. The number of rotatable bonds is 7. The van der Waals surface area contributed by atoms with Crippen LogP contribution in [0, 0.1) is 0 Å². The van der Waals surface area contributed by atoms with Gasteiger partial charge in [0.15, 0.2) is 0 Å². The van der Waals surface area contributed by atoms with Crippen LogP contribution in [0.25, 0.3) is 50.8 Å². The number of benzene rings is 5. The van der Waals surface area contributed by atoms with Crippen LogP contribution in [0.5, 0.6) is 0 Å². The van der Waals surface area contributed by atoms with E-state index in [4.69, 9.17) is 28.3 Å². The van der Waals surface area contributed by atoms with Crippen molar-refractivity contribution in [3.8, 4) is 39.2 Å². The molecule has 5 aromatic carbocycles. The van der Waals surface area contributed by atoms with Crippen molar-refractivity contribution in [2.45, 2.75) is 17.2 Å². The van der Waals surface area contributed by atoms with E-state index in [1.165, 1.54) is 5.56 Å². The summed E-state index contributed by atoms with van der Waals surface area (Å²) in [6, 6.07) is 38.9. The van der Waals surface area contributed by atoms with Crippen molar-refractivity contribution in [3.05, 3.63) is 154 Å². The molecule has 0 radical (unpaired) electrons. The molecule has 1 aromatic heterocycles. The first kappa shape index (κ1) is 28.9. The van der Waals surface area contributed by atoms with Gasteiger partial charge < -0.3 is 0 Å². The van der Waals surface area contributed by atoms with Crippen LogP contribution in [0.3, 0.4) is 0 Å². The molecule has 6 aromatic rings. The van der Waals surface area contributed by atoms with E-state index in [9.17, 15) is 5.11 Å². The third-order valence-electron chi connectivity index (χ3n) is 7.98. The van der Waals surface area contributed by atoms with Crippen LogP contribution in [-0.4, -0.2) is 29.8 Å². The van der Waals surface area contributed by atoms with Gasteiger partial charge >= 0.3 is 215 Å². The van der Waals surface area contributed by atoms with Crippen LogP contribution in [0.4, 0.5) is 0 Å². The summed E-state index contributed by atoms with van der Waals surface area (Å²) in [5.74, 6) is 2.14. The first-order valence-electron chi connectivity index (χ1n) is 14.3. The summed E-state index contributed by atoms with van der Waals surface area (Å²) in [6.45, 7) is 0. The topological polar surface area (TPSA) is 38.0 Å². The molecule has 1 N–H and O–H groups in total. The summed E-state index contributed by atoms with van der Waals surface area (Å²) in [7, 11) is 0. The normalized spacial score (nSPS) is 13.6. The van der Waals surface area contributed by atoms with Crippen LogP contribution in [-0.2, 0) is 0 Å². The summed E-state index contributed by atoms with van der Waals surface area (Å²) in [5, 5.41) is 18.3. The Morgan fingerprint density at radius 2 is 1.41 bits per heavy atom. The van der Waals surface area contributed by atoms with Crippen molar-refractivity contribution in [2.24, 2.45) is 0 Å². The molecule has 44 heavy (non-hydrogen) atoms. The van der Waals surface area contributed by atoms with Crippen molar-refractivity contribution >= 4 is 49.8 Å². The SMILES string of the molecule is C[Se]CC(O)c1cc(Cl)cc2c1-c1ccc(Cl)cc1C2=Cc1cn(-c2ccccc2)nc1-c1ccc(-c2ccccc2)cc1. The number of hydrogen-bond acceptors (Lipinski definition) is 2. The number of nitrogens with zero attached hydrogens (tertiary/aromatic N) is 2. The monoisotopic (exact) mass is 678 g/mol. The fraction of sp³-hybridized carbons (Fsp3) is 0.0789. The van der Waals surface area contributed by atoms with Crippen molar-refractivity contribution in [2.75, 3.05) is 0 Å². The van der Waals surface area contributed by atoms with Gasteiger partial charge in [-0.2, -0.15) is 0 Å². The van der Waals surface area contributed by atoms with Crippen molar-refractivity contribution in [3.63, 3.8) is 0 Å². The van der Waals surface area contributed by atoms with E-state index in [1.54, 1.807) is 0 Å². The number of hydrogen-bond donors (Lipinski definition) is 1. The second-order valence-electron chi connectivity index (χ2n) is 10.8. The maximum atomic E-state index is 11.2. The van der Waals surface area contributed by atoms with E-state index < -0.39 is 6.10 Å². The Hall–Kier alpha value is -3.89. The zero-order valence-corrected chi connectivity index (χ0v) is 27.1. The Morgan fingerprint density at radius 3 is 2.14 bits per heavy atom. The van der Waals surface area contributed by atoms with E-state index in [0.29, 0.717) is 30.3 Å². The van der Waals surface area contributed by atoms with Gasteiger partial charge in [-0.05, 0) is 11.1 Å². The Kier molecular flexibility index (Phi) is 8.03. The molecule has 0 aliphatic heterocycles. The molecular formula is C38H28Cl2N2OSe. The predicted octanol–water partition coefficient (Wildman–Crippen LogP) is 10.3. The van der Waals surface area contributed by atoms with Gasteiger partial charge in [0.1, 0.15) is 0 Å². The van der Waals surface area contributed by atoms with Gasteiger partial charge in [-0.25, -0.2) is 0 Å². The Morgan fingerprint density at radius 1 is 0.750 bits per heavy atom. The predicted molar refractivity (Wildman–Crippen MR) is 185 cm³/mol. The Balaban J connectivity index is 1.43. The maximum absolute atomic E-state index is 11.2. The Bertz CT molecular complexity index is 2000. The second-order valence-corrected chi connectivity index (χ2v) is 13.6. The molecule has 0 spiro atoms. The average molecular weight is 679 g/mol. The molecule has 0 saturated carbocycles. The molecule has 0 amide bonds. The van der Waals surface area contributed by atoms with Crippen molar-refractivity contribution in [1.82, 2.24) is 9.78 Å². The van der Waals surface area contributed by atoms with Gasteiger partial charge in [-0.1, -0.05) is 48.5 Å². The van der Waals surface area contributed by atoms with Crippen molar-refractivity contribution < 1.29 is 5.11 Å². The van der Waals surface area contributed by atoms with Gasteiger partial charge in [0, 0.05) is 0 Å². The number of para-hydroxylation sites is 1. The fourth-order valence-corrected chi connectivity index (χ4v) is 7.38. The summed E-state index contributed by atoms with van der Waals surface area (Å²) in [5.41, 5.74) is 12.1. The quantitative estimate of drug-likeness (QED) is 0.171. The molecule has 3 nitrogen and oxygen atoms in total. The van der Waals surface area contributed by atoms with E-state index in [1.807, 2.05) is 53.2 Å². The first-order chi connectivity index (χ1) is 21.5. The minimum absolute atomic E-state index is 0.311. The molecule has 7 rings (SSSR count). The molecule has 1 unspecified atom stereocenters. The number of aliphatic hydroxyl groups excluding tert-OH is 1. The molecule has 1 heterocycles. The van der Waals surface area contributed by atoms with Crippen molar-refractivity contribution in [1.29, 1.82) is 0 Å².